The van der Waals surface area contributed by atoms with E-state index in [1.807, 2.05) is 6.92 Å². The Hall–Kier alpha value is -1.18. The number of hydrogen-bond donors (Lipinski definition) is 5. The summed E-state index contributed by atoms with van der Waals surface area (Å²) in [5, 5.41) is 27.7. The topological polar surface area (TPSA) is 162 Å². The largest absolute Gasteiger partial charge is 0.477 e. The zero-order valence-electron chi connectivity index (χ0n) is 15.0. The van der Waals surface area contributed by atoms with Crippen LogP contribution in [0.3, 0.4) is 0 Å². The van der Waals surface area contributed by atoms with Crippen LogP contribution in [0, 0.1) is 11.8 Å². The minimum atomic E-state index is -3.76. The van der Waals surface area contributed by atoms with Gasteiger partial charge < -0.3 is 20.4 Å². The first kappa shape index (κ1) is 20.6. The predicted molar refractivity (Wildman–Crippen MR) is 98.5 cm³/mol. The molecule has 27 heavy (non-hydrogen) atoms. The van der Waals surface area contributed by atoms with Gasteiger partial charge in [0.2, 0.25) is 5.91 Å². The number of rotatable bonds is 7. The zero-order valence-corrected chi connectivity index (χ0v) is 16.6. The highest BCUT2D eigenvalue weighted by Crippen LogP contribution is 2.51. The first-order valence-electron chi connectivity index (χ1n) is 8.67. The lowest BCUT2D eigenvalue weighted by Crippen LogP contribution is -2.63. The molecule has 3 aliphatic rings. The Kier molecular flexibility index (Phi) is 5.58. The molecule has 0 spiro atoms. The number of amides is 1. The summed E-state index contributed by atoms with van der Waals surface area (Å²) in [6, 6.07) is -0.435. The number of aliphatic hydroxyl groups excluding tert-OH is 1. The second-order valence-corrected chi connectivity index (χ2v) is 9.97. The van der Waals surface area contributed by atoms with E-state index in [2.05, 4.69) is 10.0 Å². The van der Waals surface area contributed by atoms with E-state index >= 15 is 0 Å². The molecule has 10 nitrogen and oxygen atoms in total. The van der Waals surface area contributed by atoms with Gasteiger partial charge in [-0.25, -0.2) is 14.7 Å². The number of fused-ring (bicyclic) bond motifs is 1. The fourth-order valence-electron chi connectivity index (χ4n) is 4.10. The number of hydrogen-bond acceptors (Lipinski definition) is 7. The number of thioether (sulfide) groups is 1. The van der Waals surface area contributed by atoms with Crippen LogP contribution in [0.2, 0.25) is 0 Å². The molecule has 3 heterocycles. The van der Waals surface area contributed by atoms with E-state index in [1.54, 1.807) is 6.92 Å². The number of nitrogens with two attached hydrogens (primary N) is 1. The van der Waals surface area contributed by atoms with Crippen molar-refractivity contribution in [2.75, 3.05) is 13.1 Å². The highest BCUT2D eigenvalue weighted by molar-refractivity contribution is 8.03. The van der Waals surface area contributed by atoms with Crippen LogP contribution in [0.25, 0.3) is 0 Å². The van der Waals surface area contributed by atoms with Crippen molar-refractivity contribution in [2.24, 2.45) is 17.0 Å². The lowest BCUT2D eigenvalue weighted by atomic mass is 9.79. The van der Waals surface area contributed by atoms with Gasteiger partial charge in [-0.3, -0.25) is 4.79 Å². The number of β-lactam (4-membered cyclic amide) rings is 1. The Morgan fingerprint density at radius 2 is 2.19 bits per heavy atom. The molecule has 3 aliphatic heterocycles. The molecule has 12 heteroatoms. The molecule has 6 atom stereocenters. The van der Waals surface area contributed by atoms with E-state index in [4.69, 9.17) is 5.14 Å². The highest BCUT2D eigenvalue weighted by Gasteiger charge is 2.60. The van der Waals surface area contributed by atoms with E-state index in [0.717, 1.165) is 0 Å². The smallest absolute Gasteiger partial charge is 0.353 e. The van der Waals surface area contributed by atoms with Crippen molar-refractivity contribution in [1.29, 1.82) is 0 Å². The fraction of sp³-hybridized carbons (Fsp3) is 0.733. The monoisotopic (exact) mass is 420 g/mol. The molecule has 6 N–H and O–H groups in total. The molecule has 0 aliphatic carbocycles. The van der Waals surface area contributed by atoms with E-state index < -0.39 is 28.2 Å². The molecule has 0 bridgehead atoms. The van der Waals surface area contributed by atoms with Crippen molar-refractivity contribution in [3.05, 3.63) is 10.6 Å². The lowest BCUT2D eigenvalue weighted by Gasteiger charge is -2.46. The number of aliphatic hydroxyl groups is 1. The summed E-state index contributed by atoms with van der Waals surface area (Å²) in [6.45, 7) is 4.17. The van der Waals surface area contributed by atoms with Gasteiger partial charge in [0.15, 0.2) is 0 Å². The third kappa shape index (κ3) is 3.87. The Bertz CT molecular complexity index is 783. The van der Waals surface area contributed by atoms with Crippen LogP contribution < -0.4 is 15.2 Å². The second kappa shape index (κ2) is 7.33. The molecule has 1 amide bonds. The van der Waals surface area contributed by atoms with Crippen LogP contribution in [0.15, 0.2) is 10.6 Å². The van der Waals surface area contributed by atoms with Crippen molar-refractivity contribution in [1.82, 2.24) is 14.9 Å². The van der Waals surface area contributed by atoms with Crippen molar-refractivity contribution in [3.8, 4) is 0 Å². The van der Waals surface area contributed by atoms with Gasteiger partial charge in [0.1, 0.15) is 5.70 Å². The quantitative estimate of drug-likeness (QED) is 0.308. The van der Waals surface area contributed by atoms with Crippen molar-refractivity contribution in [3.63, 3.8) is 0 Å². The van der Waals surface area contributed by atoms with E-state index in [-0.39, 0.29) is 41.4 Å². The van der Waals surface area contributed by atoms with Crippen LogP contribution in [0.5, 0.6) is 0 Å². The molecule has 152 valence electrons. The molecule has 0 aromatic carbocycles. The minimum Gasteiger partial charge on any atom is -0.477 e. The normalized spacial score (nSPS) is 34.6. The van der Waals surface area contributed by atoms with Gasteiger partial charge in [-0.1, -0.05) is 6.92 Å². The summed E-state index contributed by atoms with van der Waals surface area (Å²) in [5.41, 5.74) is 0.00510. The molecule has 2 saturated heterocycles. The average molecular weight is 421 g/mol. The number of carboxylic acids is 1. The van der Waals surface area contributed by atoms with Crippen LogP contribution in [-0.2, 0) is 19.8 Å². The molecule has 0 radical (unpaired) electrons. The van der Waals surface area contributed by atoms with Crippen molar-refractivity contribution >= 4 is 33.8 Å². The standard InChI is InChI=1S/C15H24N4O6S2/c1-6-11-10(7(2)20)14(21)19(11)12(15(22)23)13(6)26-9-3-8(17-5-9)4-18-27(16,24)25/h6-11,17-18,20H,3-5H2,1-2H3,(H,22,23)(H2,16,24,25)/t6-,7-,8?,9+,10-,11-/m1/s1. The molecule has 0 aromatic rings. The molecular weight excluding hydrogens is 396 g/mol. The maximum absolute atomic E-state index is 12.3. The van der Waals surface area contributed by atoms with E-state index in [0.29, 0.717) is 17.9 Å². The SMILES string of the molecule is C[C@@H](O)[C@H]1C(=O)N2C(C(=O)O)=C(S[C@@H]3CNC(CNS(N)(=O)=O)C3)[C@H](C)[C@H]12. The highest BCUT2D eigenvalue weighted by atomic mass is 32.2. The van der Waals surface area contributed by atoms with Crippen molar-refractivity contribution < 1.29 is 28.2 Å². The Balaban J connectivity index is 1.71. The average Bonchev–Trinajstić information content (AvgIpc) is 3.07. The molecule has 2 fully saturated rings. The first-order valence-corrected chi connectivity index (χ1v) is 11.1. The minimum absolute atomic E-state index is 0.00510. The summed E-state index contributed by atoms with van der Waals surface area (Å²) in [4.78, 5) is 26.1. The number of carbonyl (C=O) groups excluding carboxylic acids is 1. The number of aliphatic carboxylic acids is 1. The van der Waals surface area contributed by atoms with Gasteiger partial charge in [-0.05, 0) is 13.3 Å². The van der Waals surface area contributed by atoms with Gasteiger partial charge in [-0.15, -0.1) is 11.8 Å². The molecule has 0 saturated carbocycles. The maximum atomic E-state index is 12.3. The summed E-state index contributed by atoms with van der Waals surface area (Å²) in [5.74, 6) is -2.27. The maximum Gasteiger partial charge on any atom is 0.353 e. The van der Waals surface area contributed by atoms with Crippen LogP contribution in [0.1, 0.15) is 20.3 Å². The number of carbonyl (C=O) groups is 2. The molecule has 0 aromatic heterocycles. The number of nitrogens with one attached hydrogen (secondary N) is 2. The zero-order chi connectivity index (χ0) is 20.1. The summed E-state index contributed by atoms with van der Waals surface area (Å²) in [6.07, 6.45) is -0.197. The molecular formula is C15H24N4O6S2. The van der Waals surface area contributed by atoms with Gasteiger partial charge in [0.25, 0.3) is 10.2 Å². The number of carboxylic acid groups (broad SMARTS) is 1. The first-order chi connectivity index (χ1) is 12.5. The van der Waals surface area contributed by atoms with Gasteiger partial charge in [0.05, 0.1) is 18.1 Å². The van der Waals surface area contributed by atoms with Crippen LogP contribution in [0.4, 0.5) is 0 Å². The Labute approximate surface area is 161 Å². The van der Waals surface area contributed by atoms with Crippen LogP contribution >= 0.6 is 11.8 Å². The summed E-state index contributed by atoms with van der Waals surface area (Å²) in [7, 11) is -3.76. The van der Waals surface area contributed by atoms with E-state index in [9.17, 15) is 28.2 Å². The van der Waals surface area contributed by atoms with E-state index in [1.165, 1.54) is 16.7 Å². The molecule has 1 unspecified atom stereocenters. The van der Waals surface area contributed by atoms with Gasteiger partial charge in [0, 0.05) is 35.2 Å². The predicted octanol–water partition coefficient (Wildman–Crippen LogP) is -1.60. The van der Waals surface area contributed by atoms with Gasteiger partial charge in [-0.2, -0.15) is 8.42 Å². The van der Waals surface area contributed by atoms with Crippen LogP contribution in [-0.4, -0.2) is 71.9 Å². The fourth-order valence-corrected chi connectivity index (χ4v) is 6.05. The number of nitrogens with zero attached hydrogens (tertiary/aromatic N) is 1. The molecule has 3 rings (SSSR count). The lowest BCUT2D eigenvalue weighted by molar-refractivity contribution is -0.163. The Morgan fingerprint density at radius 1 is 1.52 bits per heavy atom. The third-order valence-corrected chi connectivity index (χ3v) is 7.40. The third-order valence-electron chi connectivity index (χ3n) is 5.32. The van der Waals surface area contributed by atoms with Gasteiger partial charge >= 0.3 is 5.97 Å². The Morgan fingerprint density at radius 3 is 2.74 bits per heavy atom. The second-order valence-electron chi connectivity index (χ2n) is 7.25. The van der Waals surface area contributed by atoms with Crippen molar-refractivity contribution in [2.45, 2.75) is 43.7 Å². The summed E-state index contributed by atoms with van der Waals surface area (Å²) >= 11 is 1.41. The summed E-state index contributed by atoms with van der Waals surface area (Å²) < 4.78 is 24.3.